The van der Waals surface area contributed by atoms with Gasteiger partial charge in [-0.2, -0.15) is 0 Å². The number of carbonyl (C=O) groups excluding carboxylic acids is 1. The van der Waals surface area contributed by atoms with Crippen molar-refractivity contribution in [2.24, 2.45) is 28.6 Å². The Kier molecular flexibility index (Phi) is 3.54. The third-order valence-electron chi connectivity index (χ3n) is 9.25. The van der Waals surface area contributed by atoms with Crippen LogP contribution in [0.5, 0.6) is 0 Å². The van der Waals surface area contributed by atoms with E-state index < -0.39 is 0 Å². The molecule has 5 rings (SSSR count). The van der Waals surface area contributed by atoms with Crippen molar-refractivity contribution in [3.63, 3.8) is 0 Å². The van der Waals surface area contributed by atoms with Crippen LogP contribution in [0.15, 0.2) is 0 Å². The molecule has 5 fully saturated rings. The number of rotatable bonds is 3. The Morgan fingerprint density at radius 1 is 1.08 bits per heavy atom. The van der Waals surface area contributed by atoms with Gasteiger partial charge < -0.3 is 14.2 Å². The van der Waals surface area contributed by atoms with Crippen LogP contribution in [0.3, 0.4) is 0 Å². The van der Waals surface area contributed by atoms with E-state index in [1.165, 1.54) is 32.1 Å². The fourth-order valence-electron chi connectivity index (χ4n) is 7.87. The van der Waals surface area contributed by atoms with E-state index in [2.05, 4.69) is 13.8 Å². The molecular weight excluding hydrogens is 316 g/mol. The number of hydrogen-bond acceptors (Lipinski definition) is 4. The topological polar surface area (TPSA) is 48.1 Å². The van der Waals surface area contributed by atoms with Crippen molar-refractivity contribution in [1.29, 1.82) is 0 Å². The summed E-state index contributed by atoms with van der Waals surface area (Å²) >= 11 is 0. The largest absolute Gasteiger partial charge is 0.359 e. The summed E-state index contributed by atoms with van der Waals surface area (Å²) in [6.07, 6.45) is 9.36. The first kappa shape index (κ1) is 16.7. The Hall–Kier alpha value is -0.450. The molecular formula is C21H32O4. The number of hydrogen-bond donors (Lipinski definition) is 0. The smallest absolute Gasteiger partial charge is 0.164 e. The van der Waals surface area contributed by atoms with Crippen LogP contribution in [0.25, 0.3) is 0 Å². The van der Waals surface area contributed by atoms with Gasteiger partial charge in [0, 0.05) is 18.9 Å². The lowest BCUT2D eigenvalue weighted by atomic mass is 9.45. The molecule has 4 saturated carbocycles. The van der Waals surface area contributed by atoms with Gasteiger partial charge in [0.25, 0.3) is 0 Å². The molecule has 1 aliphatic heterocycles. The maximum atomic E-state index is 12.2. The summed E-state index contributed by atoms with van der Waals surface area (Å²) in [5.74, 6) is 2.63. The average Bonchev–Trinajstić information content (AvgIpc) is 3.25. The molecule has 1 spiro atoms. The van der Waals surface area contributed by atoms with Crippen molar-refractivity contribution < 1.29 is 19.0 Å². The second kappa shape index (κ2) is 5.30. The monoisotopic (exact) mass is 348 g/mol. The van der Waals surface area contributed by atoms with Gasteiger partial charge in [0.2, 0.25) is 0 Å². The fourth-order valence-corrected chi connectivity index (χ4v) is 7.87. The van der Waals surface area contributed by atoms with Crippen molar-refractivity contribution in [3.8, 4) is 0 Å². The van der Waals surface area contributed by atoms with E-state index in [9.17, 15) is 4.79 Å². The first-order valence-corrected chi connectivity index (χ1v) is 10.3. The minimum Gasteiger partial charge on any atom is -0.359 e. The molecule has 0 aromatic rings. The van der Waals surface area contributed by atoms with E-state index in [-0.39, 0.29) is 17.1 Å². The summed E-state index contributed by atoms with van der Waals surface area (Å²) in [6, 6.07) is 0. The summed E-state index contributed by atoms with van der Waals surface area (Å²) in [6.45, 7) is 5.33. The molecule has 25 heavy (non-hydrogen) atoms. The molecule has 1 heterocycles. The lowest BCUT2D eigenvalue weighted by molar-refractivity contribution is -0.155. The summed E-state index contributed by atoms with van der Waals surface area (Å²) in [5.41, 5.74) is 0.415. The molecule has 8 atom stereocenters. The maximum Gasteiger partial charge on any atom is 0.164 e. The molecule has 0 N–H and O–H groups in total. The van der Waals surface area contributed by atoms with Gasteiger partial charge in [-0.25, -0.2) is 0 Å². The fraction of sp³-hybridized carbons (Fsp3) is 0.952. The van der Waals surface area contributed by atoms with E-state index >= 15 is 0 Å². The molecule has 0 aromatic carbocycles. The zero-order chi connectivity index (χ0) is 17.4. The number of epoxide rings is 1. The van der Waals surface area contributed by atoms with Crippen LogP contribution in [-0.4, -0.2) is 37.5 Å². The Labute approximate surface area is 151 Å². The van der Waals surface area contributed by atoms with Crippen LogP contribution in [-0.2, 0) is 19.0 Å². The van der Waals surface area contributed by atoms with Gasteiger partial charge in [0.15, 0.2) is 5.78 Å². The average molecular weight is 348 g/mol. The van der Waals surface area contributed by atoms with E-state index in [1.54, 1.807) is 7.11 Å². The van der Waals surface area contributed by atoms with Crippen molar-refractivity contribution in [3.05, 3.63) is 0 Å². The number of fused-ring (bicyclic) bond motifs is 4. The summed E-state index contributed by atoms with van der Waals surface area (Å²) in [4.78, 5) is 12.2. The van der Waals surface area contributed by atoms with Gasteiger partial charge in [-0.3, -0.25) is 4.79 Å². The Morgan fingerprint density at radius 2 is 1.92 bits per heavy atom. The van der Waals surface area contributed by atoms with Gasteiger partial charge in [0.1, 0.15) is 18.5 Å². The quantitative estimate of drug-likeness (QED) is 0.576. The number of ether oxygens (including phenoxy) is 3. The molecule has 0 aromatic heterocycles. The van der Waals surface area contributed by atoms with Crippen molar-refractivity contribution in [2.45, 2.75) is 83.0 Å². The second-order valence-electron chi connectivity index (χ2n) is 9.87. The molecule has 140 valence electrons. The van der Waals surface area contributed by atoms with Gasteiger partial charge in [0.05, 0.1) is 6.10 Å². The van der Waals surface area contributed by atoms with Crippen LogP contribution < -0.4 is 0 Å². The predicted octanol–water partition coefficient (Wildman–Crippen LogP) is 3.72. The third-order valence-corrected chi connectivity index (χ3v) is 9.25. The van der Waals surface area contributed by atoms with E-state index in [0.717, 1.165) is 37.0 Å². The first-order valence-electron chi connectivity index (χ1n) is 10.3. The highest BCUT2D eigenvalue weighted by molar-refractivity contribution is 5.88. The second-order valence-corrected chi connectivity index (χ2v) is 9.87. The predicted molar refractivity (Wildman–Crippen MR) is 93.0 cm³/mol. The number of methoxy groups -OCH3 is 1. The van der Waals surface area contributed by atoms with E-state index in [4.69, 9.17) is 14.2 Å². The molecule has 4 heteroatoms. The summed E-state index contributed by atoms with van der Waals surface area (Å²) in [5, 5.41) is 0. The van der Waals surface area contributed by atoms with Gasteiger partial charge >= 0.3 is 0 Å². The van der Waals surface area contributed by atoms with Gasteiger partial charge in [-0.05, 0) is 68.1 Å². The number of carbonyl (C=O) groups is 1. The minimum atomic E-state index is -0.0954. The highest BCUT2D eigenvalue weighted by atomic mass is 16.7. The first-order chi connectivity index (χ1) is 12.0. The molecule has 0 bridgehead atoms. The zero-order valence-corrected chi connectivity index (χ0v) is 15.9. The molecule has 1 saturated heterocycles. The van der Waals surface area contributed by atoms with Gasteiger partial charge in [-0.1, -0.05) is 13.8 Å². The van der Waals surface area contributed by atoms with Crippen LogP contribution in [0.2, 0.25) is 0 Å². The van der Waals surface area contributed by atoms with E-state index in [0.29, 0.717) is 24.1 Å². The Bertz CT molecular complexity index is 590. The normalized spacial score (nSPS) is 56.6. The number of Topliss-reactive ketones (excluding diaryl/α,β-unsaturated/α-hetero) is 1. The minimum absolute atomic E-state index is 0.0677. The van der Waals surface area contributed by atoms with Crippen molar-refractivity contribution in [1.82, 2.24) is 0 Å². The standard InChI is InChI=1S/C21H32O4/c1-19-9-7-15-13(14(19)4-5-17(19)24-12-23-3)6-11-21-18(25-21)16(22)8-10-20(15,21)2/h13-15,17-18H,4-12H2,1-3H3. The lowest BCUT2D eigenvalue weighted by Gasteiger charge is -2.59. The SMILES string of the molecule is COCOC1CCC2C3CCC45OC4C(=O)CCC5(C)C3CCC12C. The summed E-state index contributed by atoms with van der Waals surface area (Å²) < 4.78 is 17.4. The molecule has 0 radical (unpaired) electrons. The van der Waals surface area contributed by atoms with Crippen LogP contribution in [0.4, 0.5) is 0 Å². The lowest BCUT2D eigenvalue weighted by Crippen LogP contribution is -2.58. The molecule has 8 unspecified atom stereocenters. The molecule has 4 nitrogen and oxygen atoms in total. The van der Waals surface area contributed by atoms with Crippen molar-refractivity contribution in [2.75, 3.05) is 13.9 Å². The van der Waals surface area contributed by atoms with Crippen LogP contribution in [0.1, 0.15) is 65.2 Å². The van der Waals surface area contributed by atoms with Crippen molar-refractivity contribution >= 4 is 5.78 Å². The molecule has 5 aliphatic rings. The molecule has 0 amide bonds. The third kappa shape index (κ3) is 1.97. The van der Waals surface area contributed by atoms with E-state index in [1.807, 2.05) is 0 Å². The van der Waals surface area contributed by atoms with Gasteiger partial charge in [-0.15, -0.1) is 0 Å². The van der Waals surface area contributed by atoms with Crippen LogP contribution >= 0.6 is 0 Å². The Morgan fingerprint density at radius 3 is 2.72 bits per heavy atom. The molecule has 4 aliphatic carbocycles. The highest BCUT2D eigenvalue weighted by Gasteiger charge is 2.76. The Balaban J connectivity index is 1.42. The summed E-state index contributed by atoms with van der Waals surface area (Å²) in [7, 11) is 1.71. The van der Waals surface area contributed by atoms with Crippen LogP contribution in [0, 0.1) is 28.6 Å². The zero-order valence-electron chi connectivity index (χ0n) is 15.9. The number of ketones is 1. The maximum absolute atomic E-state index is 12.2. The highest BCUT2D eigenvalue weighted by Crippen LogP contribution is 2.72.